The van der Waals surface area contributed by atoms with Gasteiger partial charge < -0.3 is 0 Å². The highest BCUT2D eigenvalue weighted by molar-refractivity contribution is 8.93. The normalized spacial score (nSPS) is 13.2. The maximum atomic E-state index is 2.40. The van der Waals surface area contributed by atoms with Crippen LogP contribution in [0.1, 0.15) is 129 Å². The monoisotopic (exact) mass is 481 g/mol. The summed E-state index contributed by atoms with van der Waals surface area (Å²) in [6.07, 6.45) is 24.2. The molecule has 0 aliphatic carbocycles. The van der Waals surface area contributed by atoms with Crippen LogP contribution < -0.4 is 0 Å². The molecule has 0 radical (unpaired) electrons. The fraction of sp³-hybridized carbons (Fsp3) is 0.786. The van der Waals surface area contributed by atoms with Crippen LogP contribution in [0.15, 0.2) is 30.3 Å². The van der Waals surface area contributed by atoms with Crippen molar-refractivity contribution in [3.8, 4) is 0 Å². The summed E-state index contributed by atoms with van der Waals surface area (Å²) in [5.74, 6) is 0. The molecule has 176 valence electrons. The van der Waals surface area contributed by atoms with E-state index in [2.05, 4.69) is 63.2 Å². The summed E-state index contributed by atoms with van der Waals surface area (Å²) in [6, 6.07) is 11.0. The van der Waals surface area contributed by atoms with E-state index in [9.17, 15) is 0 Å². The molecule has 1 aromatic carbocycles. The number of hydrogen-bond acceptors (Lipinski definition) is 1. The van der Waals surface area contributed by atoms with Crippen molar-refractivity contribution in [3.63, 3.8) is 0 Å². The molecule has 0 heterocycles. The SMILES string of the molecule is Br.CCCCCCCCCCCCCCCCCCC(C)(c1ccccc1)N(C)C. The molecule has 1 rings (SSSR count). The first-order valence-corrected chi connectivity index (χ1v) is 12.8. The fourth-order valence-electron chi connectivity index (χ4n) is 4.44. The third kappa shape index (κ3) is 13.2. The summed E-state index contributed by atoms with van der Waals surface area (Å²) < 4.78 is 0. The summed E-state index contributed by atoms with van der Waals surface area (Å²) in [5.41, 5.74) is 1.61. The van der Waals surface area contributed by atoms with Crippen molar-refractivity contribution >= 4 is 17.0 Å². The summed E-state index contributed by atoms with van der Waals surface area (Å²) >= 11 is 0. The minimum absolute atomic E-state index is 0. The van der Waals surface area contributed by atoms with E-state index in [0.29, 0.717) is 0 Å². The molecular weight excluding hydrogens is 430 g/mol. The predicted molar refractivity (Wildman–Crippen MR) is 142 cm³/mol. The van der Waals surface area contributed by atoms with Gasteiger partial charge in [0.25, 0.3) is 0 Å². The molecule has 0 spiro atoms. The lowest BCUT2D eigenvalue weighted by molar-refractivity contribution is 0.156. The molecule has 30 heavy (non-hydrogen) atoms. The van der Waals surface area contributed by atoms with Gasteiger partial charge in [-0.1, -0.05) is 140 Å². The van der Waals surface area contributed by atoms with Crippen molar-refractivity contribution in [2.24, 2.45) is 0 Å². The number of hydrogen-bond donors (Lipinski definition) is 0. The molecule has 1 nitrogen and oxygen atoms in total. The van der Waals surface area contributed by atoms with Crippen molar-refractivity contribution < 1.29 is 0 Å². The minimum atomic E-state index is 0. The number of unbranched alkanes of at least 4 members (excludes halogenated alkanes) is 15. The molecule has 2 heteroatoms. The van der Waals surface area contributed by atoms with Crippen LogP contribution in [0, 0.1) is 0 Å². The van der Waals surface area contributed by atoms with Crippen molar-refractivity contribution in [3.05, 3.63) is 35.9 Å². The Morgan fingerprint density at radius 1 is 0.600 bits per heavy atom. The van der Waals surface area contributed by atoms with Gasteiger partial charge in [-0.2, -0.15) is 0 Å². The van der Waals surface area contributed by atoms with Gasteiger partial charge in [0, 0.05) is 5.54 Å². The second-order valence-electron chi connectivity index (χ2n) is 9.59. The van der Waals surface area contributed by atoms with Gasteiger partial charge in [0.05, 0.1) is 0 Å². The third-order valence-corrected chi connectivity index (χ3v) is 6.90. The average Bonchev–Trinajstić information content (AvgIpc) is 2.73. The zero-order valence-corrected chi connectivity index (χ0v) is 22.5. The first-order chi connectivity index (χ1) is 14.1. The van der Waals surface area contributed by atoms with Crippen molar-refractivity contribution in [1.82, 2.24) is 4.90 Å². The Kier molecular flexibility index (Phi) is 19.1. The molecule has 0 saturated carbocycles. The molecule has 0 saturated heterocycles. The van der Waals surface area contributed by atoms with Gasteiger partial charge in [-0.15, -0.1) is 17.0 Å². The number of halogens is 1. The fourth-order valence-corrected chi connectivity index (χ4v) is 4.44. The maximum absolute atomic E-state index is 2.40. The van der Waals surface area contributed by atoms with Crippen LogP contribution >= 0.6 is 17.0 Å². The topological polar surface area (TPSA) is 3.24 Å². The predicted octanol–water partition coefficient (Wildman–Crippen LogP) is 9.69. The summed E-state index contributed by atoms with van der Waals surface area (Å²) in [6.45, 7) is 4.69. The average molecular weight is 483 g/mol. The van der Waals surface area contributed by atoms with Gasteiger partial charge in [0.2, 0.25) is 0 Å². The molecule has 0 amide bonds. The Balaban J connectivity index is 0.00000841. The molecule has 0 bridgehead atoms. The largest absolute Gasteiger partial charge is 0.300 e. The number of nitrogens with zero attached hydrogens (tertiary/aromatic N) is 1. The highest BCUT2D eigenvalue weighted by Gasteiger charge is 2.28. The van der Waals surface area contributed by atoms with Crippen LogP contribution in [0.25, 0.3) is 0 Å². The van der Waals surface area contributed by atoms with Crippen LogP contribution in [0.3, 0.4) is 0 Å². The molecule has 0 N–H and O–H groups in total. The van der Waals surface area contributed by atoms with Crippen LogP contribution in [0.4, 0.5) is 0 Å². The van der Waals surface area contributed by atoms with Gasteiger partial charge in [0.15, 0.2) is 0 Å². The Morgan fingerprint density at radius 3 is 1.33 bits per heavy atom. The van der Waals surface area contributed by atoms with E-state index >= 15 is 0 Å². The standard InChI is InChI=1S/C28H51N.BrH/c1-5-6-7-8-9-10-11-12-13-14-15-16-17-18-19-23-26-28(2,29(3)4)27-24-21-20-22-25-27;/h20-22,24-25H,5-19,23,26H2,1-4H3;1H. The molecule has 1 unspecified atom stereocenters. The second-order valence-corrected chi connectivity index (χ2v) is 9.59. The van der Waals surface area contributed by atoms with Gasteiger partial charge in [-0.25, -0.2) is 0 Å². The Morgan fingerprint density at radius 2 is 0.967 bits per heavy atom. The van der Waals surface area contributed by atoms with Crippen molar-refractivity contribution in [1.29, 1.82) is 0 Å². The highest BCUT2D eigenvalue weighted by atomic mass is 79.9. The molecule has 0 aliphatic rings. The van der Waals surface area contributed by atoms with Crippen LogP contribution in [0.2, 0.25) is 0 Å². The zero-order valence-electron chi connectivity index (χ0n) is 20.8. The van der Waals surface area contributed by atoms with Crippen molar-refractivity contribution in [2.45, 2.75) is 129 Å². The van der Waals surface area contributed by atoms with E-state index in [0.717, 1.165) is 0 Å². The third-order valence-electron chi connectivity index (χ3n) is 6.90. The van der Waals surface area contributed by atoms with E-state index in [1.807, 2.05) is 0 Å². The molecule has 0 fully saturated rings. The molecule has 1 atom stereocenters. The first kappa shape index (κ1) is 29.7. The lowest BCUT2D eigenvalue weighted by Gasteiger charge is -2.37. The number of rotatable bonds is 19. The Bertz CT molecular complexity index is 473. The van der Waals surface area contributed by atoms with E-state index in [1.54, 1.807) is 0 Å². The van der Waals surface area contributed by atoms with Gasteiger partial charge in [-0.05, 0) is 33.0 Å². The second kappa shape index (κ2) is 19.4. The highest BCUT2D eigenvalue weighted by Crippen LogP contribution is 2.31. The van der Waals surface area contributed by atoms with Gasteiger partial charge in [-0.3, -0.25) is 4.90 Å². The summed E-state index contributed by atoms with van der Waals surface area (Å²) in [5, 5.41) is 0. The van der Waals surface area contributed by atoms with Crippen LogP contribution in [-0.2, 0) is 5.54 Å². The van der Waals surface area contributed by atoms with E-state index in [4.69, 9.17) is 0 Å². The van der Waals surface area contributed by atoms with Gasteiger partial charge in [0.1, 0.15) is 0 Å². The van der Waals surface area contributed by atoms with Crippen molar-refractivity contribution in [2.75, 3.05) is 14.1 Å². The van der Waals surface area contributed by atoms with Crippen LogP contribution in [0.5, 0.6) is 0 Å². The van der Waals surface area contributed by atoms with E-state index in [-0.39, 0.29) is 22.5 Å². The Hall–Kier alpha value is -0.340. The van der Waals surface area contributed by atoms with Crippen LogP contribution in [-0.4, -0.2) is 19.0 Å². The van der Waals surface area contributed by atoms with Gasteiger partial charge >= 0.3 is 0 Å². The quantitative estimate of drug-likeness (QED) is 0.177. The molecular formula is C28H52BrN. The minimum Gasteiger partial charge on any atom is -0.300 e. The molecule has 1 aromatic rings. The number of benzene rings is 1. The summed E-state index contributed by atoms with van der Waals surface area (Å²) in [7, 11) is 4.44. The first-order valence-electron chi connectivity index (χ1n) is 12.8. The maximum Gasteiger partial charge on any atom is 0.0426 e. The van der Waals surface area contributed by atoms with E-state index < -0.39 is 0 Å². The lowest BCUT2D eigenvalue weighted by atomic mass is 9.85. The lowest BCUT2D eigenvalue weighted by Crippen LogP contribution is -2.38. The summed E-state index contributed by atoms with van der Waals surface area (Å²) in [4.78, 5) is 2.40. The smallest absolute Gasteiger partial charge is 0.0426 e. The Labute approximate surface area is 200 Å². The zero-order chi connectivity index (χ0) is 21.2. The molecule has 0 aromatic heterocycles. The van der Waals surface area contributed by atoms with E-state index in [1.165, 1.54) is 115 Å². The molecule has 0 aliphatic heterocycles.